The van der Waals surface area contributed by atoms with Gasteiger partial charge in [0.05, 0.1) is 23.2 Å². The number of imidazole rings is 1. The Kier molecular flexibility index (Phi) is 4.78. The van der Waals surface area contributed by atoms with Gasteiger partial charge in [0.15, 0.2) is 5.69 Å². The first-order chi connectivity index (χ1) is 15.6. The molecule has 9 nitrogen and oxygen atoms in total. The largest absolute Gasteiger partial charge is 0.432 e. The summed E-state index contributed by atoms with van der Waals surface area (Å²) in [7, 11) is 0. The first-order valence-corrected chi connectivity index (χ1v) is 10.1. The van der Waals surface area contributed by atoms with Gasteiger partial charge in [-0.25, -0.2) is 23.3 Å². The van der Waals surface area contributed by atoms with E-state index in [1.165, 1.54) is 37.2 Å². The van der Waals surface area contributed by atoms with Gasteiger partial charge in [0.1, 0.15) is 11.6 Å². The molecular formula is C21H19F3N6O3. The van der Waals surface area contributed by atoms with Gasteiger partial charge in [0.25, 0.3) is 12.3 Å². The average Bonchev–Trinajstić information content (AvgIpc) is 3.49. The zero-order valence-electron chi connectivity index (χ0n) is 17.6. The average molecular weight is 460 g/mol. The van der Waals surface area contributed by atoms with Crippen LogP contribution >= 0.6 is 0 Å². The molecule has 0 aliphatic carbocycles. The number of fused-ring (bicyclic) bond motifs is 2. The van der Waals surface area contributed by atoms with Gasteiger partial charge in [0.2, 0.25) is 17.6 Å². The summed E-state index contributed by atoms with van der Waals surface area (Å²) in [6.45, 7) is 2.76. The van der Waals surface area contributed by atoms with E-state index in [1.54, 1.807) is 12.1 Å². The van der Waals surface area contributed by atoms with Crippen molar-refractivity contribution in [1.29, 1.82) is 0 Å². The number of oxazole rings is 1. The van der Waals surface area contributed by atoms with Crippen LogP contribution in [0.15, 0.2) is 35.0 Å². The fraction of sp³-hybridized carbons (Fsp3) is 0.333. The Balaban J connectivity index is 1.63. The van der Waals surface area contributed by atoms with Crippen LogP contribution in [0.2, 0.25) is 0 Å². The number of nitrogens with zero attached hydrogens (tertiary/aromatic N) is 5. The van der Waals surface area contributed by atoms with Crippen molar-refractivity contribution in [3.63, 3.8) is 0 Å². The fourth-order valence-electron chi connectivity index (χ4n) is 3.96. The molecule has 1 amide bonds. The lowest BCUT2D eigenvalue weighted by Crippen LogP contribution is -2.41. The standard InChI is InChI=1S/C21H19F3N6O3/c1-21(2,32)20-27-15(18(23)24)17(33-20)19(31)29-7-6-11-14(26-9-25-11)16(29)12-8-10-4-3-5-13(22)30(10)28-12/h3-5,8-9,16,18,32H,6-7H2,1-2H3,(H,25,26). The quantitative estimate of drug-likeness (QED) is 0.453. The van der Waals surface area contributed by atoms with Gasteiger partial charge >= 0.3 is 0 Å². The van der Waals surface area contributed by atoms with Crippen LogP contribution in [0.4, 0.5) is 13.2 Å². The normalized spacial score (nSPS) is 16.6. The summed E-state index contributed by atoms with van der Waals surface area (Å²) in [5.74, 6) is -2.52. The van der Waals surface area contributed by atoms with Crippen LogP contribution in [-0.2, 0) is 12.0 Å². The van der Waals surface area contributed by atoms with E-state index in [0.29, 0.717) is 23.3 Å². The highest BCUT2D eigenvalue weighted by Crippen LogP contribution is 2.36. The van der Waals surface area contributed by atoms with Gasteiger partial charge in [-0.2, -0.15) is 9.49 Å². The maximum atomic E-state index is 14.2. The van der Waals surface area contributed by atoms with E-state index in [1.807, 2.05) is 0 Å². The summed E-state index contributed by atoms with van der Waals surface area (Å²) >= 11 is 0. The van der Waals surface area contributed by atoms with Crippen LogP contribution in [-0.4, -0.2) is 47.0 Å². The molecule has 1 aliphatic heterocycles. The second-order valence-corrected chi connectivity index (χ2v) is 8.26. The zero-order chi connectivity index (χ0) is 23.5. The monoisotopic (exact) mass is 460 g/mol. The van der Waals surface area contributed by atoms with Crippen molar-refractivity contribution < 1.29 is 27.5 Å². The van der Waals surface area contributed by atoms with Crippen LogP contribution in [0.25, 0.3) is 5.52 Å². The Morgan fingerprint density at radius 1 is 1.36 bits per heavy atom. The number of pyridine rings is 1. The van der Waals surface area contributed by atoms with E-state index in [2.05, 4.69) is 20.1 Å². The van der Waals surface area contributed by atoms with Crippen molar-refractivity contribution >= 4 is 11.4 Å². The van der Waals surface area contributed by atoms with E-state index < -0.39 is 47.3 Å². The molecule has 172 valence electrons. The minimum Gasteiger partial charge on any atom is -0.432 e. The molecule has 33 heavy (non-hydrogen) atoms. The summed E-state index contributed by atoms with van der Waals surface area (Å²) < 4.78 is 48.1. The molecule has 0 bridgehead atoms. The van der Waals surface area contributed by atoms with Gasteiger partial charge in [-0.1, -0.05) is 6.07 Å². The molecule has 0 saturated heterocycles. The molecule has 0 aromatic carbocycles. The summed E-state index contributed by atoms with van der Waals surface area (Å²) in [6, 6.07) is 5.15. The van der Waals surface area contributed by atoms with Crippen molar-refractivity contribution in [2.24, 2.45) is 0 Å². The summed E-state index contributed by atoms with van der Waals surface area (Å²) in [4.78, 5) is 25.8. The topological polar surface area (TPSA) is 113 Å². The maximum absolute atomic E-state index is 14.2. The van der Waals surface area contributed by atoms with E-state index in [9.17, 15) is 23.1 Å². The number of amides is 1. The van der Waals surface area contributed by atoms with Crippen LogP contribution in [0, 0.1) is 5.95 Å². The molecule has 0 fully saturated rings. The third kappa shape index (κ3) is 3.46. The number of carbonyl (C=O) groups is 1. The number of aromatic amines is 1. The zero-order valence-corrected chi connectivity index (χ0v) is 17.6. The Bertz CT molecular complexity index is 1350. The second kappa shape index (κ2) is 7.44. The number of halogens is 3. The Hall–Kier alpha value is -3.67. The first kappa shape index (κ1) is 21.2. The van der Waals surface area contributed by atoms with Gasteiger partial charge < -0.3 is 19.4 Å². The third-order valence-corrected chi connectivity index (χ3v) is 5.50. The van der Waals surface area contributed by atoms with Gasteiger partial charge in [-0.15, -0.1) is 0 Å². The van der Waals surface area contributed by atoms with Crippen LogP contribution in [0.3, 0.4) is 0 Å². The second-order valence-electron chi connectivity index (χ2n) is 8.26. The predicted octanol–water partition coefficient (Wildman–Crippen LogP) is 3.14. The molecule has 1 aliphatic rings. The van der Waals surface area contributed by atoms with E-state index in [0.717, 1.165) is 10.2 Å². The lowest BCUT2D eigenvalue weighted by atomic mass is 9.99. The van der Waals surface area contributed by atoms with Crippen LogP contribution in [0.1, 0.15) is 65.5 Å². The van der Waals surface area contributed by atoms with Gasteiger partial charge in [-0.3, -0.25) is 4.79 Å². The van der Waals surface area contributed by atoms with Crippen molar-refractivity contribution in [2.75, 3.05) is 6.54 Å². The number of H-pyrrole nitrogens is 1. The van der Waals surface area contributed by atoms with Gasteiger partial charge in [-0.05, 0) is 32.0 Å². The Morgan fingerprint density at radius 2 is 2.15 bits per heavy atom. The highest BCUT2D eigenvalue weighted by Gasteiger charge is 2.40. The lowest BCUT2D eigenvalue weighted by Gasteiger charge is -2.33. The molecule has 12 heteroatoms. The number of hydrogen-bond acceptors (Lipinski definition) is 6. The number of aromatic nitrogens is 5. The first-order valence-electron chi connectivity index (χ1n) is 10.1. The molecule has 4 aromatic rings. The maximum Gasteiger partial charge on any atom is 0.292 e. The number of alkyl halides is 2. The van der Waals surface area contributed by atoms with Crippen molar-refractivity contribution in [3.8, 4) is 0 Å². The van der Waals surface area contributed by atoms with Crippen LogP contribution < -0.4 is 0 Å². The molecule has 2 N–H and O–H groups in total. The molecule has 1 unspecified atom stereocenters. The van der Waals surface area contributed by atoms with E-state index in [4.69, 9.17) is 4.42 Å². The highest BCUT2D eigenvalue weighted by atomic mass is 19.3. The Morgan fingerprint density at radius 3 is 2.85 bits per heavy atom. The van der Waals surface area contributed by atoms with Gasteiger partial charge in [0, 0.05) is 18.7 Å². The van der Waals surface area contributed by atoms with Crippen molar-refractivity contribution in [1.82, 2.24) is 29.5 Å². The van der Waals surface area contributed by atoms with Crippen molar-refractivity contribution in [2.45, 2.75) is 38.3 Å². The molecule has 1 atom stereocenters. The molecule has 0 radical (unpaired) electrons. The molecule has 0 spiro atoms. The number of rotatable bonds is 4. The number of carbonyl (C=O) groups excluding carboxylic acids is 1. The third-order valence-electron chi connectivity index (χ3n) is 5.50. The summed E-state index contributed by atoms with van der Waals surface area (Å²) in [6.07, 6.45) is -1.25. The number of nitrogens with one attached hydrogen (secondary N) is 1. The Labute approximate surface area is 184 Å². The van der Waals surface area contributed by atoms with Crippen LogP contribution in [0.5, 0.6) is 0 Å². The molecular weight excluding hydrogens is 441 g/mol. The van der Waals surface area contributed by atoms with Crippen molar-refractivity contribution in [3.05, 3.63) is 71.0 Å². The molecule has 5 rings (SSSR count). The molecule has 4 aromatic heterocycles. The smallest absolute Gasteiger partial charge is 0.292 e. The SMILES string of the molecule is CC(C)(O)c1nc(C(F)F)c(C(=O)N2CCc3[nH]cnc3C2c2cc3cccc(F)n3n2)o1. The number of hydrogen-bond donors (Lipinski definition) is 2. The minimum absolute atomic E-state index is 0.135. The molecule has 0 saturated carbocycles. The predicted molar refractivity (Wildman–Crippen MR) is 107 cm³/mol. The molecule has 5 heterocycles. The number of aliphatic hydroxyl groups is 1. The summed E-state index contributed by atoms with van der Waals surface area (Å²) in [5.41, 5.74) is -0.535. The summed E-state index contributed by atoms with van der Waals surface area (Å²) in [5, 5.41) is 14.5. The fourth-order valence-corrected chi connectivity index (χ4v) is 3.96. The van der Waals surface area contributed by atoms with E-state index in [-0.39, 0.29) is 6.54 Å². The lowest BCUT2D eigenvalue weighted by molar-refractivity contribution is 0.0440. The minimum atomic E-state index is -3.10. The van der Waals surface area contributed by atoms with E-state index >= 15 is 0 Å². The highest BCUT2D eigenvalue weighted by molar-refractivity contribution is 5.93.